The van der Waals surface area contributed by atoms with Gasteiger partial charge in [-0.15, -0.1) is 0 Å². The predicted octanol–water partition coefficient (Wildman–Crippen LogP) is 23.1. The van der Waals surface area contributed by atoms with Gasteiger partial charge in [-0.25, -0.2) is 8.78 Å². The van der Waals surface area contributed by atoms with Crippen molar-refractivity contribution in [2.45, 2.75) is 66.5 Å². The van der Waals surface area contributed by atoms with Crippen molar-refractivity contribution in [2.75, 3.05) is 87.9 Å². The number of nitrogens with one attached hydrogen (secondary N) is 2. The molecule has 12 aromatic carbocycles. The Labute approximate surface area is 772 Å². The van der Waals surface area contributed by atoms with E-state index in [1.165, 1.54) is 42.5 Å². The van der Waals surface area contributed by atoms with Crippen LogP contribution in [0.15, 0.2) is 267 Å². The molecular formula is C96H95Cl3F8N4O19P2. The second-order valence-electron chi connectivity index (χ2n) is 28.3. The number of methoxy groups -OCH3 is 2. The van der Waals surface area contributed by atoms with E-state index >= 15 is 0 Å². The zero-order valence-electron chi connectivity index (χ0n) is 72.0. The topological polar surface area (TPSA) is 332 Å². The minimum atomic E-state index is -4.88. The molecule has 0 aromatic heterocycles. The Kier molecular flexibility index (Phi) is 43.2. The Morgan fingerprint density at radius 1 is 0.417 bits per heavy atom. The number of hydrogen-bond acceptors (Lipinski definition) is 21. The average Bonchev–Trinajstić information content (AvgIpc) is 0.801. The molecule has 0 aliphatic heterocycles. The summed E-state index contributed by atoms with van der Waals surface area (Å²) >= 11 is 16.9. The lowest BCUT2D eigenvalue weighted by molar-refractivity contribution is -0.138. The number of anilines is 4. The van der Waals surface area contributed by atoms with Gasteiger partial charge in [0.1, 0.15) is 52.2 Å². The number of aryl methyl sites for hydroxylation is 4. The van der Waals surface area contributed by atoms with E-state index in [0.717, 1.165) is 57.0 Å². The van der Waals surface area contributed by atoms with Crippen LogP contribution in [0, 0.1) is 39.3 Å². The van der Waals surface area contributed by atoms with Crippen LogP contribution in [-0.4, -0.2) is 105 Å². The van der Waals surface area contributed by atoms with Crippen molar-refractivity contribution < 1.29 is 125 Å². The molecule has 12 aromatic rings. The molecule has 23 nitrogen and oxygen atoms in total. The third-order valence-electron chi connectivity index (χ3n) is 18.1. The highest BCUT2D eigenvalue weighted by atomic mass is 35.5. The number of hydrogen-bond donors (Lipinski definition) is 7. The first-order valence-corrected chi connectivity index (χ1v) is 44.5. The van der Waals surface area contributed by atoms with Gasteiger partial charge in [0.15, 0.2) is 31.6 Å². The number of carbonyl (C=O) groups is 4. The number of aliphatic hydroxyl groups excluding tert-OH is 1. The predicted molar refractivity (Wildman–Crippen MR) is 490 cm³/mol. The number of halogens is 11. The number of nitrogen functional groups attached to an aromatic ring is 2. The third-order valence-corrected chi connectivity index (χ3v) is 22.3. The van der Waals surface area contributed by atoms with E-state index in [9.17, 15) is 68.5 Å². The number of nitrogens with two attached hydrogens (primary N) is 2. The normalized spacial score (nSPS) is 11.0. The number of benzene rings is 12. The maximum atomic E-state index is 14.0. The van der Waals surface area contributed by atoms with E-state index in [2.05, 4.69) is 15.4 Å². The fourth-order valence-corrected chi connectivity index (χ4v) is 14.2. The zero-order chi connectivity index (χ0) is 96.6. The molecule has 0 unspecified atom stereocenters. The summed E-state index contributed by atoms with van der Waals surface area (Å²) in [5.74, 6) is -4.42. The number of amides is 2. The molecule has 0 saturated heterocycles. The first-order chi connectivity index (χ1) is 62.8. The molecule has 0 saturated carbocycles. The lowest BCUT2D eigenvalue weighted by atomic mass is 10.00. The lowest BCUT2D eigenvalue weighted by Crippen LogP contribution is -2.21. The van der Waals surface area contributed by atoms with Gasteiger partial charge in [-0.2, -0.15) is 26.3 Å². The molecular weight excluding hydrogens is 1830 g/mol. The van der Waals surface area contributed by atoms with E-state index in [1.807, 2.05) is 153 Å². The summed E-state index contributed by atoms with van der Waals surface area (Å²) in [6.45, 7) is 6.69. The molecule has 2 amide bonds. The van der Waals surface area contributed by atoms with Gasteiger partial charge in [-0.1, -0.05) is 156 Å². The van der Waals surface area contributed by atoms with Gasteiger partial charge in [0.2, 0.25) is 0 Å². The minimum Gasteiger partial charge on any atom is -0.508 e. The van der Waals surface area contributed by atoms with Crippen LogP contribution in [-0.2, 0) is 85.1 Å². The van der Waals surface area contributed by atoms with Crippen molar-refractivity contribution in [2.24, 2.45) is 0 Å². The second kappa shape index (κ2) is 53.3. The van der Waals surface area contributed by atoms with E-state index in [4.69, 9.17) is 98.3 Å². The Morgan fingerprint density at radius 3 is 1.12 bits per heavy atom. The smallest absolute Gasteiger partial charge is 0.416 e. The molecule has 0 fully saturated rings. The van der Waals surface area contributed by atoms with Gasteiger partial charge in [-0.05, 0) is 218 Å². The first kappa shape index (κ1) is 107. The maximum absolute atomic E-state index is 14.0. The van der Waals surface area contributed by atoms with Gasteiger partial charge in [0.25, 0.3) is 11.8 Å². The highest BCUT2D eigenvalue weighted by molar-refractivity contribution is 7.54. The number of aliphatic hydroxyl groups is 1. The number of ketones is 2. The van der Waals surface area contributed by atoms with Crippen molar-refractivity contribution in [3.05, 3.63) is 366 Å². The second-order valence-corrected chi connectivity index (χ2v) is 33.8. The monoisotopic (exact) mass is 1930 g/mol. The van der Waals surface area contributed by atoms with Crippen molar-refractivity contribution in [1.29, 1.82) is 0 Å². The molecule has 0 radical (unpaired) electrons. The van der Waals surface area contributed by atoms with Crippen molar-refractivity contribution in [3.63, 3.8) is 0 Å². The van der Waals surface area contributed by atoms with E-state index < -0.39 is 98.0 Å². The molecule has 0 aliphatic carbocycles. The molecule has 0 atom stereocenters. The largest absolute Gasteiger partial charge is 0.508 e. The average molecular weight is 1930 g/mol. The van der Waals surface area contributed by atoms with E-state index in [1.54, 1.807) is 64.5 Å². The molecule has 9 N–H and O–H groups in total. The molecule has 0 bridgehead atoms. The summed E-state index contributed by atoms with van der Waals surface area (Å²) in [6.07, 6.45) is -9.77. The van der Waals surface area contributed by atoms with Gasteiger partial charge >= 0.3 is 27.5 Å². The first-order valence-electron chi connectivity index (χ1n) is 39.7. The van der Waals surface area contributed by atoms with E-state index in [0.29, 0.717) is 64.3 Å². The van der Waals surface area contributed by atoms with Crippen LogP contribution >= 0.6 is 50.0 Å². The van der Waals surface area contributed by atoms with Crippen LogP contribution < -0.4 is 41.0 Å². The number of ether oxygens (including phenoxy) is 6. The van der Waals surface area contributed by atoms with Crippen molar-refractivity contribution >= 4 is 96.1 Å². The summed E-state index contributed by atoms with van der Waals surface area (Å²) in [7, 11) is -3.75. The summed E-state index contributed by atoms with van der Waals surface area (Å²) in [5, 5.41) is 32.8. The fraction of sp³-hybridized carbons (Fsp3) is 0.208. The summed E-state index contributed by atoms with van der Waals surface area (Å²) in [4.78, 5) is 51.1. The number of rotatable bonds is 34. The highest BCUT2D eigenvalue weighted by Crippen LogP contribution is 2.51. The SMILES string of the molecule is COCCl.COCOc1ccc(N)c(C)c1.Cc1cc(O)ccc1N.Cc1cc(O)ccc1NC(=O)COc1ccc(Cl)cc1C(=O)c1cc(F)cc(C(F)(F)F)c1.Cc1cc(OCCP(=O)(OCc2ccccc2)OCc2ccccc2)ccc1NC(=O)COc1ccc(Cl)cc1C(=O)c1cc(F)cc(C(F)(F)F)c1.O=P(CCO)(OCc1ccccc1)OCc1ccccc1. The van der Waals surface area contributed by atoms with E-state index in [-0.39, 0.29) is 115 Å². The molecule has 0 heterocycles. The van der Waals surface area contributed by atoms with Crippen molar-refractivity contribution in [1.82, 2.24) is 0 Å². The van der Waals surface area contributed by atoms with Crippen LogP contribution in [0.25, 0.3) is 0 Å². The van der Waals surface area contributed by atoms with Crippen LogP contribution in [0.1, 0.15) is 87.5 Å². The molecule has 700 valence electrons. The van der Waals surface area contributed by atoms with Crippen LogP contribution in [0.5, 0.6) is 34.5 Å². The molecule has 12 rings (SSSR count). The quantitative estimate of drug-likeness (QED) is 0.00375. The van der Waals surface area contributed by atoms with Gasteiger partial charge in [0.05, 0.1) is 74.2 Å². The Bertz CT molecular complexity index is 5750. The van der Waals surface area contributed by atoms with Crippen molar-refractivity contribution in [3.8, 4) is 34.5 Å². The Morgan fingerprint density at radius 2 is 0.765 bits per heavy atom. The number of aromatic hydroxyl groups is 2. The van der Waals surface area contributed by atoms with Crippen LogP contribution in [0.2, 0.25) is 10.0 Å². The summed E-state index contributed by atoms with van der Waals surface area (Å²) < 4.78 is 186. The number of alkyl halides is 7. The minimum absolute atomic E-state index is 0.00727. The molecule has 36 heteroatoms. The lowest BCUT2D eigenvalue weighted by Gasteiger charge is -2.19. The maximum Gasteiger partial charge on any atom is 0.416 e. The van der Waals surface area contributed by atoms with Gasteiger partial charge < -0.3 is 83.9 Å². The third kappa shape index (κ3) is 37.2. The summed E-state index contributed by atoms with van der Waals surface area (Å²) in [6, 6.07) is 68.0. The zero-order valence-corrected chi connectivity index (χ0v) is 76.0. The molecule has 132 heavy (non-hydrogen) atoms. The summed E-state index contributed by atoms with van der Waals surface area (Å²) in [5.41, 5.74) is 15.8. The number of phenols is 2. The highest BCUT2D eigenvalue weighted by Gasteiger charge is 2.35. The van der Waals surface area contributed by atoms with Gasteiger partial charge in [0, 0.05) is 58.1 Å². The van der Waals surface area contributed by atoms with Crippen LogP contribution in [0.4, 0.5) is 57.9 Å². The standard InChI is InChI=1S/C39H33ClF4NO7P.C23H16ClF4NO4.C16H19O4P.C9H13NO2.C7H9NO.C2H5ClO/c1-26-18-33(49-16-17-53(48,51-23-27-8-4-2-5-9-27)52-24-28-10-6-3-7-11-28)13-14-35(26)45-37(46)25-50-36-15-12-31(40)22-34(36)38(47)29-19-30(39(42,43)44)21-32(41)20-29;1-12-6-17(30)3-4-19(12)29-21(31)11-33-20-5-2-15(24)10-18(20)22(32)13-7-14(23(26,27)28)9-16(25)8-13;17-11-12-21(18,19-13-15-7-3-1-4-8-15)20-14-16-9-5-2-6-10-16;1-7-5-8(12-6-11-2)3-4-9(7)10;1-5-4-6(9)2-3-7(5)8;1-4-2-3/h2-15,18-22H,16-17,23-25H2,1H3,(H,45,46);2-10,30H,11H2,1H3,(H,29,31);1-10,17H,11-14H2;3-5H,6,10H2,1-2H3;2-4,9H,8H2,1H3;2H2,1H3. The fourth-order valence-electron chi connectivity index (χ4n) is 11.2. The number of carbonyl (C=O) groups excluding carboxylic acids is 4. The molecule has 0 spiro atoms. The Balaban J connectivity index is 0.000000254. The number of phenolic OH excluding ortho intramolecular Hbond substituents is 2. The Hall–Kier alpha value is -12.2. The van der Waals surface area contributed by atoms with Gasteiger partial charge in [-0.3, -0.25) is 28.3 Å². The molecule has 0 aliphatic rings. The van der Waals surface area contributed by atoms with Crippen LogP contribution in [0.3, 0.4) is 0 Å².